The predicted octanol–water partition coefficient (Wildman–Crippen LogP) is 4.11. The van der Waals surface area contributed by atoms with Crippen molar-refractivity contribution < 1.29 is 22.9 Å². The zero-order valence-electron chi connectivity index (χ0n) is 19.3. The molecule has 0 saturated heterocycles. The third kappa shape index (κ3) is 6.13. The molecule has 0 bridgehead atoms. The van der Waals surface area contributed by atoms with E-state index >= 15 is 0 Å². The summed E-state index contributed by atoms with van der Waals surface area (Å²) in [5, 5.41) is 14.1. The van der Waals surface area contributed by atoms with E-state index < -0.39 is 27.4 Å². The summed E-state index contributed by atoms with van der Waals surface area (Å²) in [6.45, 7) is 1.48. The fraction of sp³-hybridized carbons (Fsp3) is 0.375. The van der Waals surface area contributed by atoms with E-state index in [0.717, 1.165) is 36.1 Å². The molecule has 0 heterocycles. The minimum absolute atomic E-state index is 0.245. The van der Waals surface area contributed by atoms with E-state index in [0.29, 0.717) is 17.9 Å². The van der Waals surface area contributed by atoms with Crippen LogP contribution in [-0.4, -0.2) is 39.4 Å². The first-order chi connectivity index (χ1) is 16.2. The summed E-state index contributed by atoms with van der Waals surface area (Å²) >= 11 is 0. The summed E-state index contributed by atoms with van der Waals surface area (Å²) in [5.41, 5.74) is 1.59. The molecule has 34 heavy (non-hydrogen) atoms. The molecule has 3 rings (SSSR count). The van der Waals surface area contributed by atoms with Crippen LogP contribution in [-0.2, 0) is 14.8 Å². The standard InChI is InChI=1S/C24H29N3O6S/c1-18-8-13-22(16-23(18)27(29)30)34(31,32)26(20-9-11-21(33-2)12-10-20)17-24(28)25-15-14-19-6-4-3-5-7-19/h6,8-13,16H,3-5,7,14-15,17H2,1-2H3,(H,25,28). The van der Waals surface area contributed by atoms with Gasteiger partial charge in [0.25, 0.3) is 15.7 Å². The number of carbonyl (C=O) groups excluding carboxylic acids is 1. The third-order valence-electron chi connectivity index (χ3n) is 5.77. The van der Waals surface area contributed by atoms with Crippen molar-refractivity contribution in [1.29, 1.82) is 0 Å². The van der Waals surface area contributed by atoms with Crippen LogP contribution in [0.25, 0.3) is 0 Å². The normalized spacial score (nSPS) is 13.6. The van der Waals surface area contributed by atoms with Crippen LogP contribution in [0.15, 0.2) is 59.0 Å². The highest BCUT2D eigenvalue weighted by Gasteiger charge is 2.29. The smallest absolute Gasteiger partial charge is 0.273 e. The Morgan fingerprint density at radius 2 is 1.91 bits per heavy atom. The van der Waals surface area contributed by atoms with Gasteiger partial charge in [0.05, 0.1) is 22.6 Å². The fourth-order valence-electron chi connectivity index (χ4n) is 3.82. The maximum Gasteiger partial charge on any atom is 0.273 e. The number of sulfonamides is 1. The van der Waals surface area contributed by atoms with Crippen molar-refractivity contribution in [3.05, 3.63) is 69.8 Å². The minimum atomic E-state index is -4.27. The number of nitro benzene ring substituents is 1. The third-order valence-corrected chi connectivity index (χ3v) is 7.54. The molecule has 1 N–H and O–H groups in total. The fourth-order valence-corrected chi connectivity index (χ4v) is 5.26. The van der Waals surface area contributed by atoms with Crippen LogP contribution in [0.1, 0.15) is 37.7 Å². The van der Waals surface area contributed by atoms with Gasteiger partial charge in [-0.15, -0.1) is 0 Å². The summed E-state index contributed by atoms with van der Waals surface area (Å²) in [7, 11) is -2.78. The number of methoxy groups -OCH3 is 1. The Morgan fingerprint density at radius 3 is 2.53 bits per heavy atom. The number of hydrogen-bond donors (Lipinski definition) is 1. The monoisotopic (exact) mass is 487 g/mol. The molecule has 0 unspecified atom stereocenters. The number of carbonyl (C=O) groups is 1. The van der Waals surface area contributed by atoms with Crippen molar-refractivity contribution >= 4 is 27.3 Å². The lowest BCUT2D eigenvalue weighted by Gasteiger charge is -2.24. The molecule has 0 saturated carbocycles. The molecular weight excluding hydrogens is 458 g/mol. The number of allylic oxidation sites excluding steroid dienone is 1. The van der Waals surface area contributed by atoms with Crippen LogP contribution < -0.4 is 14.4 Å². The maximum atomic E-state index is 13.5. The summed E-state index contributed by atoms with van der Waals surface area (Å²) in [6.07, 6.45) is 7.33. The first-order valence-electron chi connectivity index (χ1n) is 11.1. The van der Waals surface area contributed by atoms with Crippen molar-refractivity contribution in [2.75, 3.05) is 24.5 Å². The number of hydrogen-bond acceptors (Lipinski definition) is 6. The van der Waals surface area contributed by atoms with Crippen LogP contribution in [0.2, 0.25) is 0 Å². The Bertz CT molecular complexity index is 1180. The Labute approximate surface area is 199 Å². The molecule has 182 valence electrons. The average Bonchev–Trinajstić information content (AvgIpc) is 2.83. The first-order valence-corrected chi connectivity index (χ1v) is 12.5. The van der Waals surface area contributed by atoms with Gasteiger partial charge in [-0.1, -0.05) is 17.7 Å². The second kappa shape index (κ2) is 11.1. The molecule has 9 nitrogen and oxygen atoms in total. The Balaban J connectivity index is 1.85. The molecule has 0 atom stereocenters. The zero-order valence-corrected chi connectivity index (χ0v) is 20.1. The van der Waals surface area contributed by atoms with Gasteiger partial charge >= 0.3 is 0 Å². The molecule has 0 aromatic heterocycles. The van der Waals surface area contributed by atoms with E-state index in [1.165, 1.54) is 50.3 Å². The highest BCUT2D eigenvalue weighted by molar-refractivity contribution is 7.92. The summed E-state index contributed by atoms with van der Waals surface area (Å²) in [6, 6.07) is 9.94. The second-order valence-electron chi connectivity index (χ2n) is 8.12. The molecule has 0 radical (unpaired) electrons. The number of aryl methyl sites for hydroxylation is 1. The zero-order chi connectivity index (χ0) is 24.7. The molecule has 0 aliphatic heterocycles. The molecule has 0 fully saturated rings. The summed E-state index contributed by atoms with van der Waals surface area (Å²) in [5.74, 6) is 0.0645. The van der Waals surface area contributed by atoms with Crippen LogP contribution in [0, 0.1) is 17.0 Å². The van der Waals surface area contributed by atoms with Crippen molar-refractivity contribution in [1.82, 2.24) is 5.32 Å². The van der Waals surface area contributed by atoms with Crippen molar-refractivity contribution in [2.24, 2.45) is 0 Å². The number of ether oxygens (including phenoxy) is 1. The quantitative estimate of drug-likeness (QED) is 0.306. The largest absolute Gasteiger partial charge is 0.497 e. The number of rotatable bonds is 10. The molecular formula is C24H29N3O6S. The maximum absolute atomic E-state index is 13.5. The molecule has 10 heteroatoms. The van der Waals surface area contributed by atoms with Crippen LogP contribution >= 0.6 is 0 Å². The number of nitrogens with one attached hydrogen (secondary N) is 1. The van der Waals surface area contributed by atoms with Crippen molar-refractivity contribution in [3.63, 3.8) is 0 Å². The number of anilines is 1. The van der Waals surface area contributed by atoms with Gasteiger partial charge in [-0.05, 0) is 69.4 Å². The lowest BCUT2D eigenvalue weighted by Crippen LogP contribution is -2.41. The lowest BCUT2D eigenvalue weighted by molar-refractivity contribution is -0.385. The van der Waals surface area contributed by atoms with Gasteiger partial charge in [0, 0.05) is 18.2 Å². The highest BCUT2D eigenvalue weighted by atomic mass is 32.2. The van der Waals surface area contributed by atoms with Crippen molar-refractivity contribution in [3.8, 4) is 5.75 Å². The molecule has 1 aliphatic carbocycles. The van der Waals surface area contributed by atoms with Gasteiger partial charge in [-0.3, -0.25) is 19.2 Å². The highest BCUT2D eigenvalue weighted by Crippen LogP contribution is 2.29. The van der Waals surface area contributed by atoms with Crippen LogP contribution in [0.3, 0.4) is 0 Å². The van der Waals surface area contributed by atoms with Gasteiger partial charge in [-0.25, -0.2) is 8.42 Å². The SMILES string of the molecule is COc1ccc(N(CC(=O)NCCC2=CCCCC2)S(=O)(=O)c2ccc(C)c([N+](=O)[O-])c2)cc1. The Kier molecular flexibility index (Phi) is 8.27. The number of nitrogens with zero attached hydrogens (tertiary/aromatic N) is 2. The first kappa shape index (κ1) is 25.2. The molecule has 0 spiro atoms. The van der Waals surface area contributed by atoms with E-state index in [1.807, 2.05) is 0 Å². The molecule has 2 aromatic carbocycles. The van der Waals surface area contributed by atoms with Gasteiger partial charge in [-0.2, -0.15) is 0 Å². The molecule has 1 aliphatic rings. The molecule has 1 amide bonds. The number of benzene rings is 2. The number of amides is 1. The van der Waals surface area contributed by atoms with E-state index in [2.05, 4.69) is 11.4 Å². The van der Waals surface area contributed by atoms with Crippen LogP contribution in [0.4, 0.5) is 11.4 Å². The Hall–Kier alpha value is -3.40. The second-order valence-corrected chi connectivity index (χ2v) is 9.99. The van der Waals surface area contributed by atoms with Gasteiger partial charge in [0.2, 0.25) is 5.91 Å². The topological polar surface area (TPSA) is 119 Å². The predicted molar refractivity (Wildman–Crippen MR) is 130 cm³/mol. The van der Waals surface area contributed by atoms with Crippen molar-refractivity contribution in [2.45, 2.75) is 43.9 Å². The van der Waals surface area contributed by atoms with Gasteiger partial charge in [0.1, 0.15) is 12.3 Å². The molecule has 2 aromatic rings. The van der Waals surface area contributed by atoms with Crippen LogP contribution in [0.5, 0.6) is 5.75 Å². The van der Waals surface area contributed by atoms with E-state index in [-0.39, 0.29) is 16.3 Å². The van der Waals surface area contributed by atoms with Gasteiger partial charge < -0.3 is 10.1 Å². The minimum Gasteiger partial charge on any atom is -0.497 e. The van der Waals surface area contributed by atoms with E-state index in [1.54, 1.807) is 12.1 Å². The average molecular weight is 488 g/mol. The lowest BCUT2D eigenvalue weighted by atomic mass is 9.97. The number of nitro groups is 1. The van der Waals surface area contributed by atoms with Gasteiger partial charge in [0.15, 0.2) is 0 Å². The summed E-state index contributed by atoms with van der Waals surface area (Å²) < 4.78 is 33.1. The van der Waals surface area contributed by atoms with E-state index in [9.17, 15) is 23.3 Å². The Morgan fingerprint density at radius 1 is 1.18 bits per heavy atom. The van der Waals surface area contributed by atoms with E-state index in [4.69, 9.17) is 4.74 Å². The summed E-state index contributed by atoms with van der Waals surface area (Å²) in [4.78, 5) is 23.2.